The van der Waals surface area contributed by atoms with Crippen LogP contribution in [0.1, 0.15) is 32.8 Å². The lowest BCUT2D eigenvalue weighted by atomic mass is 9.97. The molecule has 0 aliphatic rings. The van der Waals surface area contributed by atoms with Crippen molar-refractivity contribution >= 4 is 23.2 Å². The highest BCUT2D eigenvalue weighted by Gasteiger charge is 2.14. The topological polar surface area (TPSA) is 12.0 Å². The molecule has 1 N–H and O–H groups in total. The standard InChI is InChI=1S/C14H21Cl2N/c1-4-17-11(8-10(2)3)9-12-13(15)6-5-7-14(12)16/h5-7,10-11,17H,4,8-9H2,1-3H3. The molecule has 17 heavy (non-hydrogen) atoms. The summed E-state index contributed by atoms with van der Waals surface area (Å²) in [5.74, 6) is 0.667. The zero-order chi connectivity index (χ0) is 12.8. The van der Waals surface area contributed by atoms with E-state index in [1.165, 1.54) is 0 Å². The summed E-state index contributed by atoms with van der Waals surface area (Å²) >= 11 is 12.4. The number of likely N-dealkylation sites (N-methyl/N-ethyl adjacent to an activating group) is 1. The summed E-state index contributed by atoms with van der Waals surface area (Å²) in [7, 11) is 0. The van der Waals surface area contributed by atoms with E-state index in [1.807, 2.05) is 18.2 Å². The lowest BCUT2D eigenvalue weighted by Gasteiger charge is -2.21. The van der Waals surface area contributed by atoms with Crippen molar-refractivity contribution in [1.29, 1.82) is 0 Å². The highest BCUT2D eigenvalue weighted by atomic mass is 35.5. The van der Waals surface area contributed by atoms with E-state index in [0.29, 0.717) is 12.0 Å². The number of halogens is 2. The normalized spacial score (nSPS) is 13.1. The van der Waals surface area contributed by atoms with Gasteiger partial charge in [-0.3, -0.25) is 0 Å². The van der Waals surface area contributed by atoms with Gasteiger partial charge in [-0.25, -0.2) is 0 Å². The minimum Gasteiger partial charge on any atom is -0.314 e. The number of benzene rings is 1. The molecule has 1 nitrogen and oxygen atoms in total. The summed E-state index contributed by atoms with van der Waals surface area (Å²) in [6, 6.07) is 6.14. The zero-order valence-electron chi connectivity index (χ0n) is 10.8. The molecule has 0 aliphatic carbocycles. The van der Waals surface area contributed by atoms with Crippen molar-refractivity contribution in [1.82, 2.24) is 5.32 Å². The highest BCUT2D eigenvalue weighted by Crippen LogP contribution is 2.26. The first kappa shape index (κ1) is 14.8. The van der Waals surface area contributed by atoms with Crippen LogP contribution in [-0.2, 0) is 6.42 Å². The Labute approximate surface area is 115 Å². The predicted octanol–water partition coefficient (Wildman–Crippen LogP) is 4.56. The number of hydrogen-bond donors (Lipinski definition) is 1. The lowest BCUT2D eigenvalue weighted by Crippen LogP contribution is -2.32. The largest absolute Gasteiger partial charge is 0.314 e. The van der Waals surface area contributed by atoms with Crippen molar-refractivity contribution in [2.45, 2.75) is 39.7 Å². The van der Waals surface area contributed by atoms with Crippen LogP contribution in [0.25, 0.3) is 0 Å². The van der Waals surface area contributed by atoms with E-state index in [4.69, 9.17) is 23.2 Å². The molecule has 0 radical (unpaired) electrons. The van der Waals surface area contributed by atoms with Gasteiger partial charge in [0.25, 0.3) is 0 Å². The van der Waals surface area contributed by atoms with E-state index in [0.717, 1.165) is 35.0 Å². The Balaban J connectivity index is 2.78. The van der Waals surface area contributed by atoms with E-state index < -0.39 is 0 Å². The van der Waals surface area contributed by atoms with Crippen molar-refractivity contribution < 1.29 is 0 Å². The first-order valence-electron chi connectivity index (χ1n) is 6.20. The van der Waals surface area contributed by atoms with Gasteiger partial charge in [-0.1, -0.05) is 50.0 Å². The molecule has 0 fully saturated rings. The Morgan fingerprint density at radius 2 is 1.76 bits per heavy atom. The van der Waals surface area contributed by atoms with E-state index >= 15 is 0 Å². The molecule has 1 aromatic rings. The van der Waals surface area contributed by atoms with E-state index in [-0.39, 0.29) is 0 Å². The van der Waals surface area contributed by atoms with Crippen LogP contribution in [0.5, 0.6) is 0 Å². The third-order valence-electron chi connectivity index (χ3n) is 2.76. The van der Waals surface area contributed by atoms with Crippen LogP contribution >= 0.6 is 23.2 Å². The van der Waals surface area contributed by atoms with Crippen LogP contribution in [0.4, 0.5) is 0 Å². The second-order valence-electron chi connectivity index (χ2n) is 4.79. The molecule has 0 spiro atoms. The van der Waals surface area contributed by atoms with Crippen LogP contribution < -0.4 is 5.32 Å². The van der Waals surface area contributed by atoms with Crippen molar-refractivity contribution in [3.8, 4) is 0 Å². The Hall–Kier alpha value is -0.240. The average molecular weight is 274 g/mol. The van der Waals surface area contributed by atoms with Gasteiger partial charge in [-0.15, -0.1) is 0 Å². The molecule has 0 saturated heterocycles. The summed E-state index contributed by atoms with van der Waals surface area (Å²) in [5.41, 5.74) is 1.06. The van der Waals surface area contributed by atoms with Crippen LogP contribution in [-0.4, -0.2) is 12.6 Å². The molecule has 0 heterocycles. The molecular weight excluding hydrogens is 253 g/mol. The van der Waals surface area contributed by atoms with Crippen LogP contribution in [0.3, 0.4) is 0 Å². The van der Waals surface area contributed by atoms with E-state index in [1.54, 1.807) is 0 Å². The fourth-order valence-corrected chi connectivity index (χ4v) is 2.62. The van der Waals surface area contributed by atoms with Gasteiger partial charge in [0, 0.05) is 16.1 Å². The molecule has 0 bridgehead atoms. The van der Waals surface area contributed by atoms with Crippen LogP contribution in [0, 0.1) is 5.92 Å². The maximum Gasteiger partial charge on any atom is 0.0453 e. The first-order chi connectivity index (χ1) is 8.04. The third kappa shape index (κ3) is 4.87. The number of rotatable bonds is 6. The molecule has 1 unspecified atom stereocenters. The quantitative estimate of drug-likeness (QED) is 0.801. The smallest absolute Gasteiger partial charge is 0.0453 e. The van der Waals surface area contributed by atoms with Gasteiger partial charge in [0.05, 0.1) is 0 Å². The minimum absolute atomic E-state index is 0.442. The number of nitrogens with one attached hydrogen (secondary N) is 1. The van der Waals surface area contributed by atoms with Gasteiger partial charge in [0.15, 0.2) is 0 Å². The van der Waals surface area contributed by atoms with E-state index in [2.05, 4.69) is 26.1 Å². The maximum atomic E-state index is 6.20. The Morgan fingerprint density at radius 1 is 1.18 bits per heavy atom. The van der Waals surface area contributed by atoms with Crippen LogP contribution in [0.15, 0.2) is 18.2 Å². The molecule has 1 atom stereocenters. The Bertz CT molecular complexity index is 330. The molecule has 3 heteroatoms. The molecule has 0 saturated carbocycles. The number of hydrogen-bond acceptors (Lipinski definition) is 1. The fraction of sp³-hybridized carbons (Fsp3) is 0.571. The van der Waals surface area contributed by atoms with Gasteiger partial charge < -0.3 is 5.32 Å². The molecule has 1 aromatic carbocycles. The first-order valence-corrected chi connectivity index (χ1v) is 6.96. The molecule has 0 amide bonds. The Kier molecular flexibility index (Phi) is 6.32. The monoisotopic (exact) mass is 273 g/mol. The van der Waals surface area contributed by atoms with Gasteiger partial charge in [-0.2, -0.15) is 0 Å². The second kappa shape index (κ2) is 7.25. The minimum atomic E-state index is 0.442. The van der Waals surface area contributed by atoms with Gasteiger partial charge >= 0.3 is 0 Å². The van der Waals surface area contributed by atoms with E-state index in [9.17, 15) is 0 Å². The predicted molar refractivity (Wildman–Crippen MR) is 77.1 cm³/mol. The lowest BCUT2D eigenvalue weighted by molar-refractivity contribution is 0.424. The third-order valence-corrected chi connectivity index (χ3v) is 3.47. The van der Waals surface area contributed by atoms with Gasteiger partial charge in [-0.05, 0) is 43.0 Å². The molecular formula is C14H21Cl2N. The zero-order valence-corrected chi connectivity index (χ0v) is 12.3. The van der Waals surface area contributed by atoms with Crippen LogP contribution in [0.2, 0.25) is 10.0 Å². The molecule has 0 aromatic heterocycles. The maximum absolute atomic E-state index is 6.20. The summed E-state index contributed by atoms with van der Waals surface area (Å²) in [6.45, 7) is 7.57. The summed E-state index contributed by atoms with van der Waals surface area (Å²) < 4.78 is 0. The van der Waals surface area contributed by atoms with Crippen molar-refractivity contribution in [3.05, 3.63) is 33.8 Å². The summed E-state index contributed by atoms with van der Waals surface area (Å²) in [5, 5.41) is 5.04. The second-order valence-corrected chi connectivity index (χ2v) is 5.60. The van der Waals surface area contributed by atoms with Crippen molar-refractivity contribution in [2.75, 3.05) is 6.54 Å². The summed E-state index contributed by atoms with van der Waals surface area (Å²) in [6.07, 6.45) is 2.03. The SMILES string of the molecule is CCNC(Cc1c(Cl)cccc1Cl)CC(C)C. The average Bonchev–Trinajstić information content (AvgIpc) is 2.23. The fourth-order valence-electron chi connectivity index (χ4n) is 2.07. The highest BCUT2D eigenvalue weighted by molar-refractivity contribution is 6.35. The molecule has 96 valence electrons. The molecule has 1 rings (SSSR count). The molecule has 0 aliphatic heterocycles. The van der Waals surface area contributed by atoms with Gasteiger partial charge in [0.2, 0.25) is 0 Å². The van der Waals surface area contributed by atoms with Crippen molar-refractivity contribution in [3.63, 3.8) is 0 Å². The summed E-state index contributed by atoms with van der Waals surface area (Å²) in [4.78, 5) is 0. The van der Waals surface area contributed by atoms with Crippen molar-refractivity contribution in [2.24, 2.45) is 5.92 Å². The Morgan fingerprint density at radius 3 is 2.24 bits per heavy atom. The van der Waals surface area contributed by atoms with Gasteiger partial charge in [0.1, 0.15) is 0 Å².